The molecule has 1 atom stereocenters. The maximum atomic E-state index is 8.20. The summed E-state index contributed by atoms with van der Waals surface area (Å²) < 4.78 is 12.6. The molecule has 1 unspecified atom stereocenters. The minimum absolute atomic E-state index is 1.10. The molecule has 5 heavy (non-hydrogen) atoms. The average Bonchev–Trinajstić information content (AvgIpc) is 1.38. The van der Waals surface area contributed by atoms with Crippen LogP contribution in [0.15, 0.2) is 0 Å². The summed E-state index contributed by atoms with van der Waals surface area (Å²) in [5, 5.41) is 0. The van der Waals surface area contributed by atoms with E-state index in [0.717, 1.165) is 0 Å². The van der Waals surface area contributed by atoms with Crippen molar-refractivity contribution in [3.8, 4) is 0 Å². The standard InChI is InChI=1S/C2H7NOS/c1-4-5(2)3/h5H,1-2H3. The van der Waals surface area contributed by atoms with E-state index >= 15 is 0 Å². The zero-order chi connectivity index (χ0) is 4.28. The molecule has 0 bridgehead atoms. The van der Waals surface area contributed by atoms with Crippen LogP contribution < -0.4 is 0 Å². The van der Waals surface area contributed by atoms with Crippen LogP contribution in [0.5, 0.6) is 0 Å². The number of nitrogens with zero attached hydrogens (tertiary/aromatic N) is 1. The van der Waals surface area contributed by atoms with Gasteiger partial charge in [0.15, 0.2) is 0 Å². The molecular weight excluding hydrogens is 86.1 g/mol. The minimum atomic E-state index is -1.10. The minimum Gasteiger partial charge on any atom is -0.311 e. The zero-order valence-corrected chi connectivity index (χ0v) is 4.20. The first-order valence-corrected chi connectivity index (χ1v) is 2.90. The van der Waals surface area contributed by atoms with Crippen molar-refractivity contribution in [2.75, 3.05) is 13.4 Å². The van der Waals surface area contributed by atoms with Crippen molar-refractivity contribution in [2.45, 2.75) is 0 Å². The molecule has 0 aromatic heterocycles. The monoisotopic (exact) mass is 93.0 g/mol. The van der Waals surface area contributed by atoms with Crippen LogP contribution in [0.1, 0.15) is 0 Å². The Balaban J connectivity index is 2.97. The van der Waals surface area contributed by atoms with Crippen LogP contribution in [0.2, 0.25) is 0 Å². The van der Waals surface area contributed by atoms with Gasteiger partial charge in [0.1, 0.15) is 0 Å². The fourth-order valence-corrected chi connectivity index (χ4v) is 0. The molecule has 0 heterocycles. The van der Waals surface area contributed by atoms with E-state index in [-0.39, 0.29) is 0 Å². The molecule has 0 saturated heterocycles. The Hall–Kier alpha value is 0.0200. The van der Waals surface area contributed by atoms with E-state index in [0.29, 0.717) is 0 Å². The van der Waals surface area contributed by atoms with Gasteiger partial charge in [-0.25, -0.2) is 4.61 Å². The molecule has 0 aromatic rings. The van der Waals surface area contributed by atoms with E-state index < -0.39 is 10.8 Å². The normalized spacial score (nSPS) is 14.6. The average molecular weight is 93.2 g/mol. The van der Waals surface area contributed by atoms with Crippen LogP contribution in [0.3, 0.4) is 0 Å². The largest absolute Gasteiger partial charge is 0.311 e. The molecule has 3 heteroatoms. The maximum Gasteiger partial charge on any atom is 0.0512 e. The van der Waals surface area contributed by atoms with Crippen LogP contribution in [0.25, 0.3) is 0 Å². The van der Waals surface area contributed by atoms with Gasteiger partial charge in [-0.2, -0.15) is 0 Å². The third kappa shape index (κ3) is 4.02. The maximum absolute atomic E-state index is 8.20. The summed E-state index contributed by atoms with van der Waals surface area (Å²) in [7, 11) is 0.380. The second-order valence-electron chi connectivity index (χ2n) is 0.647. The van der Waals surface area contributed by atoms with Crippen molar-refractivity contribution in [2.24, 2.45) is 0 Å². The summed E-state index contributed by atoms with van der Waals surface area (Å²) in [5.41, 5.74) is 0. The highest BCUT2D eigenvalue weighted by Crippen LogP contribution is 1.94. The lowest BCUT2D eigenvalue weighted by Gasteiger charge is -1.80. The molecule has 2 nitrogen and oxygen atoms in total. The number of hydrogen-bond donors (Lipinski definition) is 1. The van der Waals surface area contributed by atoms with Gasteiger partial charge in [-0.15, -0.1) is 0 Å². The second kappa shape index (κ2) is 2.27. The Morgan fingerprint density at radius 3 is 2.00 bits per heavy atom. The summed E-state index contributed by atoms with van der Waals surface area (Å²) in [4.78, 5) is 0. The summed E-state index contributed by atoms with van der Waals surface area (Å²) in [6, 6.07) is 0. The van der Waals surface area contributed by atoms with Gasteiger partial charge in [0.2, 0.25) is 0 Å². The van der Waals surface area contributed by atoms with Crippen molar-refractivity contribution in [1.29, 1.82) is 4.61 Å². The summed E-state index contributed by atoms with van der Waals surface area (Å²) >= 11 is 0. The molecule has 0 aliphatic carbocycles. The lowest BCUT2D eigenvalue weighted by atomic mass is 11.8. The molecule has 0 N–H and O–H groups in total. The van der Waals surface area contributed by atoms with Crippen molar-refractivity contribution in [3.63, 3.8) is 0 Å². The van der Waals surface area contributed by atoms with Gasteiger partial charge in [0.25, 0.3) is 0 Å². The first-order valence-electron chi connectivity index (χ1n) is 1.24. The molecule has 0 spiro atoms. The predicted molar refractivity (Wildman–Crippen MR) is 23.6 cm³/mol. The van der Waals surface area contributed by atoms with Crippen molar-refractivity contribution < 1.29 is 4.18 Å². The van der Waals surface area contributed by atoms with E-state index in [2.05, 4.69) is 4.18 Å². The Labute approximate surface area is 33.9 Å². The Morgan fingerprint density at radius 1 is 1.80 bits per heavy atom. The predicted octanol–water partition coefficient (Wildman–Crippen LogP) is 0.658. The van der Waals surface area contributed by atoms with Gasteiger partial charge >= 0.3 is 0 Å². The van der Waals surface area contributed by atoms with E-state index in [1.165, 1.54) is 7.11 Å². The molecule has 0 aromatic carbocycles. The van der Waals surface area contributed by atoms with Crippen molar-refractivity contribution in [3.05, 3.63) is 0 Å². The molecule has 0 fully saturated rings. The van der Waals surface area contributed by atoms with Crippen molar-refractivity contribution >= 4 is 10.8 Å². The summed E-state index contributed by atoms with van der Waals surface area (Å²) in [6.07, 6.45) is 1.62. The molecule has 0 aliphatic heterocycles. The van der Waals surface area contributed by atoms with Gasteiger partial charge < -0.3 is 4.18 Å². The van der Waals surface area contributed by atoms with E-state index in [1.807, 2.05) is 0 Å². The van der Waals surface area contributed by atoms with E-state index in [1.54, 1.807) is 6.26 Å². The first kappa shape index (κ1) is 5.02. The van der Waals surface area contributed by atoms with Gasteiger partial charge in [-0.05, 0) is 0 Å². The van der Waals surface area contributed by atoms with E-state index in [4.69, 9.17) is 4.61 Å². The fourth-order valence-electron chi connectivity index (χ4n) is 0. The Bertz CT molecular complexity index is 71.5. The highest BCUT2D eigenvalue weighted by atomic mass is 32.2. The van der Waals surface area contributed by atoms with Crippen LogP contribution >= 0.6 is 10.8 Å². The molecular formula is C2H7NOS. The summed E-state index contributed by atoms with van der Waals surface area (Å²) in [6.45, 7) is 0. The van der Waals surface area contributed by atoms with Crippen LogP contribution in [0, 0.1) is 4.61 Å². The smallest absolute Gasteiger partial charge is 0.0512 e. The van der Waals surface area contributed by atoms with Gasteiger partial charge in [-0.1, -0.05) is 0 Å². The fraction of sp³-hybridized carbons (Fsp3) is 1.00. The summed E-state index contributed by atoms with van der Waals surface area (Å²) in [5.74, 6) is 0. The van der Waals surface area contributed by atoms with Gasteiger partial charge in [0.05, 0.1) is 7.11 Å². The number of rotatable bonds is 0. The molecule has 0 saturated carbocycles. The number of thiol groups is 1. The topological polar surface area (TPSA) is 33.0 Å². The highest BCUT2D eigenvalue weighted by Gasteiger charge is 1.61. The SMILES string of the molecule is CO[SH](C)#N. The van der Waals surface area contributed by atoms with Crippen LogP contribution in [-0.4, -0.2) is 13.4 Å². The Morgan fingerprint density at radius 2 is 2.00 bits per heavy atom. The second-order valence-corrected chi connectivity index (χ2v) is 1.94. The van der Waals surface area contributed by atoms with Crippen LogP contribution in [-0.2, 0) is 4.18 Å². The molecule has 32 valence electrons. The third-order valence-electron chi connectivity index (χ3n) is 0.264. The molecule has 0 rings (SSSR count). The molecule has 0 aliphatic rings. The molecule has 0 amide bonds. The van der Waals surface area contributed by atoms with Gasteiger partial charge in [-0.3, -0.25) is 0 Å². The zero-order valence-electron chi connectivity index (χ0n) is 3.30. The molecule has 0 radical (unpaired) electrons. The third-order valence-corrected chi connectivity index (χ3v) is 0.793. The lowest BCUT2D eigenvalue weighted by molar-refractivity contribution is 0.487. The van der Waals surface area contributed by atoms with Crippen molar-refractivity contribution in [1.82, 2.24) is 0 Å². The Kier molecular flexibility index (Phi) is 2.28. The first-order chi connectivity index (χ1) is 2.27. The lowest BCUT2D eigenvalue weighted by Crippen LogP contribution is -1.57. The van der Waals surface area contributed by atoms with Crippen LogP contribution in [0.4, 0.5) is 0 Å². The highest BCUT2D eigenvalue weighted by molar-refractivity contribution is 7.98. The van der Waals surface area contributed by atoms with Gasteiger partial charge in [0, 0.05) is 17.1 Å². The number of hydrogen-bond acceptors (Lipinski definition) is 2. The van der Waals surface area contributed by atoms with E-state index in [9.17, 15) is 0 Å². The quantitative estimate of drug-likeness (QED) is 0.446.